The van der Waals surface area contributed by atoms with Gasteiger partial charge in [-0.05, 0) is 52.3 Å². The summed E-state index contributed by atoms with van der Waals surface area (Å²) in [5.41, 5.74) is -0.266. The van der Waals surface area contributed by atoms with Gasteiger partial charge in [-0.25, -0.2) is 17.2 Å². The Labute approximate surface area is 127 Å². The topological polar surface area (TPSA) is 46.2 Å². The smallest absolute Gasteiger partial charge is 0.262 e. The molecule has 2 aromatic carbocycles. The normalized spacial score (nSPS) is 11.4. The van der Waals surface area contributed by atoms with Crippen LogP contribution in [0.4, 0.5) is 14.5 Å². The summed E-state index contributed by atoms with van der Waals surface area (Å²) in [6, 6.07) is 6.78. The number of hydrogen-bond donors (Lipinski definition) is 1. The van der Waals surface area contributed by atoms with Crippen LogP contribution in [0.2, 0.25) is 5.02 Å². The van der Waals surface area contributed by atoms with Crippen LogP contribution in [-0.2, 0) is 10.0 Å². The number of rotatable bonds is 3. The third-order valence-corrected chi connectivity index (χ3v) is 4.62. The van der Waals surface area contributed by atoms with Gasteiger partial charge in [-0.2, -0.15) is 0 Å². The standard InChI is InChI=1S/C12H7BrClF2NO2S/c13-9-3-2-8(6-10(9)15)20(18,19)17-12-4-1-7(14)5-11(12)16/h1-6,17H. The quantitative estimate of drug-likeness (QED) is 0.865. The first kappa shape index (κ1) is 15.2. The van der Waals surface area contributed by atoms with Gasteiger partial charge in [0, 0.05) is 5.02 Å². The van der Waals surface area contributed by atoms with Gasteiger partial charge in [0.25, 0.3) is 10.0 Å². The summed E-state index contributed by atoms with van der Waals surface area (Å²) in [6.07, 6.45) is 0. The van der Waals surface area contributed by atoms with E-state index in [1.807, 2.05) is 4.72 Å². The van der Waals surface area contributed by atoms with E-state index >= 15 is 0 Å². The van der Waals surface area contributed by atoms with Crippen molar-refractivity contribution in [2.45, 2.75) is 4.90 Å². The molecule has 0 bridgehead atoms. The SMILES string of the molecule is O=S(=O)(Nc1ccc(Cl)cc1F)c1ccc(Br)c(F)c1. The Hall–Kier alpha value is -1.18. The zero-order valence-corrected chi connectivity index (χ0v) is 12.9. The molecule has 0 heterocycles. The second-order valence-corrected chi connectivity index (χ2v) is 6.78. The van der Waals surface area contributed by atoms with Gasteiger partial charge in [-0.3, -0.25) is 4.72 Å². The Kier molecular flexibility index (Phi) is 4.31. The third kappa shape index (κ3) is 3.28. The van der Waals surface area contributed by atoms with E-state index in [0.29, 0.717) is 0 Å². The molecule has 3 nitrogen and oxygen atoms in total. The van der Waals surface area contributed by atoms with Crippen molar-refractivity contribution in [2.75, 3.05) is 4.72 Å². The Balaban J connectivity index is 2.38. The summed E-state index contributed by atoms with van der Waals surface area (Å²) < 4.78 is 53.1. The molecule has 0 unspecified atom stereocenters. The zero-order valence-electron chi connectivity index (χ0n) is 9.70. The van der Waals surface area contributed by atoms with Crippen molar-refractivity contribution >= 4 is 43.2 Å². The summed E-state index contributed by atoms with van der Waals surface area (Å²) in [5.74, 6) is -1.55. The summed E-state index contributed by atoms with van der Waals surface area (Å²) in [7, 11) is -4.08. The third-order valence-electron chi connectivity index (χ3n) is 2.38. The Bertz CT molecular complexity index is 768. The molecule has 1 N–H and O–H groups in total. The van der Waals surface area contributed by atoms with E-state index < -0.39 is 21.7 Å². The summed E-state index contributed by atoms with van der Waals surface area (Å²) in [6.45, 7) is 0. The molecule has 0 fully saturated rings. The highest BCUT2D eigenvalue weighted by molar-refractivity contribution is 9.10. The fourth-order valence-corrected chi connectivity index (χ4v) is 2.90. The number of sulfonamides is 1. The summed E-state index contributed by atoms with van der Waals surface area (Å²) in [5, 5.41) is 0.139. The second-order valence-electron chi connectivity index (χ2n) is 3.81. The molecule has 0 aliphatic heterocycles. The van der Waals surface area contributed by atoms with E-state index in [9.17, 15) is 17.2 Å². The van der Waals surface area contributed by atoms with Crippen LogP contribution in [0.25, 0.3) is 0 Å². The van der Waals surface area contributed by atoms with Gasteiger partial charge in [0.2, 0.25) is 0 Å². The van der Waals surface area contributed by atoms with E-state index in [-0.39, 0.29) is 20.1 Å². The first-order valence-electron chi connectivity index (χ1n) is 5.22. The molecule has 0 saturated heterocycles. The molecule has 0 atom stereocenters. The first-order valence-corrected chi connectivity index (χ1v) is 7.88. The van der Waals surface area contributed by atoms with Crippen molar-refractivity contribution in [3.63, 3.8) is 0 Å². The maximum Gasteiger partial charge on any atom is 0.262 e. The molecular weight excluding hydrogens is 376 g/mol. The highest BCUT2D eigenvalue weighted by Gasteiger charge is 2.18. The van der Waals surface area contributed by atoms with Gasteiger partial charge in [0.1, 0.15) is 11.6 Å². The minimum Gasteiger partial charge on any atom is -0.277 e. The summed E-state index contributed by atoms with van der Waals surface area (Å²) in [4.78, 5) is -0.312. The van der Waals surface area contributed by atoms with Crippen LogP contribution in [0.15, 0.2) is 45.8 Å². The van der Waals surface area contributed by atoms with Gasteiger partial charge in [0.15, 0.2) is 0 Å². The molecule has 106 valence electrons. The number of hydrogen-bond acceptors (Lipinski definition) is 2. The Morgan fingerprint density at radius 1 is 1.05 bits per heavy atom. The average Bonchev–Trinajstić information content (AvgIpc) is 2.36. The monoisotopic (exact) mass is 381 g/mol. The van der Waals surface area contributed by atoms with Gasteiger partial charge in [-0.1, -0.05) is 11.6 Å². The van der Waals surface area contributed by atoms with E-state index in [4.69, 9.17) is 11.6 Å². The van der Waals surface area contributed by atoms with Crippen molar-refractivity contribution in [3.05, 3.63) is 57.5 Å². The molecule has 2 aromatic rings. The highest BCUT2D eigenvalue weighted by Crippen LogP contribution is 2.24. The largest absolute Gasteiger partial charge is 0.277 e. The second kappa shape index (κ2) is 5.67. The molecule has 0 spiro atoms. The van der Waals surface area contributed by atoms with Crippen LogP contribution in [0.1, 0.15) is 0 Å². The average molecular weight is 383 g/mol. The van der Waals surface area contributed by atoms with Crippen molar-refractivity contribution in [3.8, 4) is 0 Å². The number of nitrogens with one attached hydrogen (secondary N) is 1. The van der Waals surface area contributed by atoms with Crippen molar-refractivity contribution in [1.82, 2.24) is 0 Å². The zero-order chi connectivity index (χ0) is 14.9. The molecule has 0 aliphatic carbocycles. The van der Waals surface area contributed by atoms with Gasteiger partial charge in [0.05, 0.1) is 15.1 Å². The minimum atomic E-state index is -4.08. The fraction of sp³-hybridized carbons (Fsp3) is 0. The molecule has 8 heteroatoms. The number of halogens is 4. The molecule has 0 aromatic heterocycles. The Morgan fingerprint density at radius 3 is 2.35 bits per heavy atom. The van der Waals surface area contributed by atoms with Crippen molar-refractivity contribution in [2.24, 2.45) is 0 Å². The summed E-state index contributed by atoms with van der Waals surface area (Å²) >= 11 is 8.49. The Morgan fingerprint density at radius 2 is 1.75 bits per heavy atom. The molecule has 0 radical (unpaired) electrons. The van der Waals surface area contributed by atoms with Crippen LogP contribution in [0.5, 0.6) is 0 Å². The predicted molar refractivity (Wildman–Crippen MR) is 76.3 cm³/mol. The van der Waals surface area contributed by atoms with Crippen molar-refractivity contribution in [1.29, 1.82) is 0 Å². The van der Waals surface area contributed by atoms with E-state index in [2.05, 4.69) is 15.9 Å². The van der Waals surface area contributed by atoms with E-state index in [1.165, 1.54) is 24.3 Å². The predicted octanol–water partition coefficient (Wildman–Crippen LogP) is 4.18. The lowest BCUT2D eigenvalue weighted by atomic mass is 10.3. The number of anilines is 1. The molecule has 0 saturated carbocycles. The van der Waals surface area contributed by atoms with Crippen LogP contribution < -0.4 is 4.72 Å². The lowest BCUT2D eigenvalue weighted by Gasteiger charge is -2.09. The number of benzene rings is 2. The lowest BCUT2D eigenvalue weighted by Crippen LogP contribution is -2.14. The van der Waals surface area contributed by atoms with Crippen LogP contribution in [0, 0.1) is 11.6 Å². The fourth-order valence-electron chi connectivity index (χ4n) is 1.42. The van der Waals surface area contributed by atoms with E-state index in [0.717, 1.165) is 12.1 Å². The molecule has 0 aliphatic rings. The molecular formula is C12H7BrClF2NO2S. The van der Waals surface area contributed by atoms with Gasteiger partial charge < -0.3 is 0 Å². The van der Waals surface area contributed by atoms with Gasteiger partial charge in [-0.15, -0.1) is 0 Å². The van der Waals surface area contributed by atoms with Crippen LogP contribution in [-0.4, -0.2) is 8.42 Å². The molecule has 0 amide bonds. The lowest BCUT2D eigenvalue weighted by molar-refractivity contribution is 0.592. The highest BCUT2D eigenvalue weighted by atomic mass is 79.9. The molecule has 20 heavy (non-hydrogen) atoms. The van der Waals surface area contributed by atoms with Crippen LogP contribution >= 0.6 is 27.5 Å². The molecule has 2 rings (SSSR count). The van der Waals surface area contributed by atoms with Crippen molar-refractivity contribution < 1.29 is 17.2 Å². The maximum absolute atomic E-state index is 13.5. The first-order chi connectivity index (χ1) is 9.29. The van der Waals surface area contributed by atoms with Crippen LogP contribution in [0.3, 0.4) is 0 Å². The van der Waals surface area contributed by atoms with E-state index in [1.54, 1.807) is 0 Å². The maximum atomic E-state index is 13.5. The minimum absolute atomic E-state index is 0.133. The van der Waals surface area contributed by atoms with Gasteiger partial charge >= 0.3 is 0 Å².